The van der Waals surface area contributed by atoms with Crippen LogP contribution >= 0.6 is 11.6 Å². The fraction of sp³-hybridized carbons (Fsp3) is 0.385. The molecule has 1 aromatic carbocycles. The molecule has 0 saturated heterocycles. The zero-order chi connectivity index (χ0) is 13.1. The van der Waals surface area contributed by atoms with E-state index in [-0.39, 0.29) is 5.91 Å². The number of fused-ring (bicyclic) bond motifs is 1. The van der Waals surface area contributed by atoms with E-state index in [4.69, 9.17) is 16.0 Å². The Kier molecular flexibility index (Phi) is 3.87. The average Bonchev–Trinajstić information content (AvgIpc) is 2.68. The van der Waals surface area contributed by atoms with Crippen molar-refractivity contribution in [3.05, 3.63) is 29.7 Å². The van der Waals surface area contributed by atoms with Crippen LogP contribution < -0.4 is 0 Å². The van der Waals surface area contributed by atoms with Crippen LogP contribution in [-0.4, -0.2) is 28.7 Å². The Bertz CT molecular complexity index is 565. The summed E-state index contributed by atoms with van der Waals surface area (Å²) < 4.78 is 5.40. The number of halogens is 1. The van der Waals surface area contributed by atoms with E-state index in [1.807, 2.05) is 25.1 Å². The first-order chi connectivity index (χ1) is 8.60. The predicted octanol–water partition coefficient (Wildman–Crippen LogP) is 2.72. The van der Waals surface area contributed by atoms with Crippen LogP contribution in [0.3, 0.4) is 0 Å². The number of carbonyl (C=O) groups is 1. The first-order valence-corrected chi connectivity index (χ1v) is 6.29. The summed E-state index contributed by atoms with van der Waals surface area (Å²) in [7, 11) is 1.77. The molecule has 5 heteroatoms. The number of rotatable bonds is 4. The summed E-state index contributed by atoms with van der Waals surface area (Å²) in [6.07, 6.45) is 0.364. The topological polar surface area (TPSA) is 46.3 Å². The van der Waals surface area contributed by atoms with Crippen molar-refractivity contribution in [2.75, 3.05) is 12.9 Å². The molecule has 0 atom stereocenters. The lowest BCUT2D eigenvalue weighted by atomic mass is 10.2. The molecule has 1 heterocycles. The van der Waals surface area contributed by atoms with Gasteiger partial charge in [0.15, 0.2) is 11.5 Å². The molecule has 2 aromatic rings. The first kappa shape index (κ1) is 12.9. The molecular formula is C13H15ClN2O2. The Labute approximate surface area is 111 Å². The second-order valence-corrected chi connectivity index (χ2v) is 4.60. The normalized spacial score (nSPS) is 10.8. The minimum atomic E-state index is 0.0430. The predicted molar refractivity (Wildman–Crippen MR) is 70.6 cm³/mol. The van der Waals surface area contributed by atoms with Gasteiger partial charge in [-0.05, 0) is 17.7 Å². The summed E-state index contributed by atoms with van der Waals surface area (Å²) in [4.78, 5) is 17.6. The standard InChI is InChI=1S/C13H15ClN2O2/c1-9-15-11-7-10(3-4-12(11)18-9)8-16(2)13(17)5-6-14/h3-4,7H,5-6,8H2,1-2H3. The van der Waals surface area contributed by atoms with Crippen molar-refractivity contribution in [2.24, 2.45) is 0 Å². The van der Waals surface area contributed by atoms with Gasteiger partial charge < -0.3 is 9.32 Å². The number of carbonyl (C=O) groups excluding carboxylic acids is 1. The Balaban J connectivity index is 2.13. The van der Waals surface area contributed by atoms with Crippen molar-refractivity contribution in [1.29, 1.82) is 0 Å². The summed E-state index contributed by atoms with van der Waals surface area (Å²) in [5, 5.41) is 0. The minimum absolute atomic E-state index is 0.0430. The molecule has 0 unspecified atom stereocenters. The number of nitrogens with zero attached hydrogens (tertiary/aromatic N) is 2. The molecule has 18 heavy (non-hydrogen) atoms. The third-order valence-electron chi connectivity index (χ3n) is 2.71. The highest BCUT2D eigenvalue weighted by atomic mass is 35.5. The van der Waals surface area contributed by atoms with Gasteiger partial charge in [-0.2, -0.15) is 0 Å². The van der Waals surface area contributed by atoms with E-state index < -0.39 is 0 Å². The molecule has 0 aliphatic rings. The number of alkyl halides is 1. The van der Waals surface area contributed by atoms with Gasteiger partial charge in [0, 0.05) is 32.8 Å². The van der Waals surface area contributed by atoms with Crippen molar-refractivity contribution in [2.45, 2.75) is 19.9 Å². The van der Waals surface area contributed by atoms with E-state index in [0.717, 1.165) is 16.7 Å². The zero-order valence-electron chi connectivity index (χ0n) is 10.4. The third-order valence-corrected chi connectivity index (χ3v) is 2.90. The van der Waals surface area contributed by atoms with Gasteiger partial charge in [-0.3, -0.25) is 4.79 Å². The summed E-state index contributed by atoms with van der Waals surface area (Å²) in [5.74, 6) is 1.04. The number of aromatic nitrogens is 1. The monoisotopic (exact) mass is 266 g/mol. The molecule has 4 nitrogen and oxygen atoms in total. The largest absolute Gasteiger partial charge is 0.441 e. The fourth-order valence-electron chi connectivity index (χ4n) is 1.82. The first-order valence-electron chi connectivity index (χ1n) is 5.76. The SMILES string of the molecule is Cc1nc2cc(CN(C)C(=O)CCCl)ccc2o1. The summed E-state index contributed by atoms with van der Waals surface area (Å²) in [6, 6.07) is 5.76. The van der Waals surface area contributed by atoms with Crippen LogP contribution in [0, 0.1) is 6.92 Å². The molecule has 0 N–H and O–H groups in total. The van der Waals surface area contributed by atoms with Crippen LogP contribution in [0.1, 0.15) is 17.9 Å². The second-order valence-electron chi connectivity index (χ2n) is 4.22. The van der Waals surface area contributed by atoms with Crippen molar-refractivity contribution < 1.29 is 9.21 Å². The Morgan fingerprint density at radius 2 is 2.28 bits per heavy atom. The van der Waals surface area contributed by atoms with Gasteiger partial charge in [0.1, 0.15) is 5.52 Å². The van der Waals surface area contributed by atoms with Gasteiger partial charge >= 0.3 is 0 Å². The van der Waals surface area contributed by atoms with Crippen LogP contribution in [-0.2, 0) is 11.3 Å². The molecule has 0 aliphatic carbocycles. The maximum atomic E-state index is 11.6. The molecule has 0 bridgehead atoms. The smallest absolute Gasteiger partial charge is 0.223 e. The number of benzene rings is 1. The molecule has 0 saturated carbocycles. The van der Waals surface area contributed by atoms with Crippen molar-refractivity contribution in [3.8, 4) is 0 Å². The van der Waals surface area contributed by atoms with Crippen molar-refractivity contribution in [3.63, 3.8) is 0 Å². The van der Waals surface area contributed by atoms with Gasteiger partial charge in [-0.15, -0.1) is 11.6 Å². The van der Waals surface area contributed by atoms with E-state index in [1.165, 1.54) is 0 Å². The second kappa shape index (κ2) is 5.40. The van der Waals surface area contributed by atoms with E-state index in [1.54, 1.807) is 11.9 Å². The number of aryl methyl sites for hydroxylation is 1. The molecule has 0 spiro atoms. The number of hydrogen-bond donors (Lipinski definition) is 0. The van der Waals surface area contributed by atoms with Crippen LogP contribution in [0.5, 0.6) is 0 Å². The molecule has 1 amide bonds. The van der Waals surface area contributed by atoms with E-state index in [9.17, 15) is 4.79 Å². The number of hydrogen-bond acceptors (Lipinski definition) is 3. The lowest BCUT2D eigenvalue weighted by Crippen LogP contribution is -2.26. The Morgan fingerprint density at radius 3 is 3.00 bits per heavy atom. The quantitative estimate of drug-likeness (QED) is 0.800. The summed E-state index contributed by atoms with van der Waals surface area (Å²) >= 11 is 5.55. The van der Waals surface area contributed by atoms with E-state index >= 15 is 0 Å². The number of oxazole rings is 1. The lowest BCUT2D eigenvalue weighted by molar-refractivity contribution is -0.129. The van der Waals surface area contributed by atoms with Crippen LogP contribution in [0.15, 0.2) is 22.6 Å². The van der Waals surface area contributed by atoms with Crippen LogP contribution in [0.2, 0.25) is 0 Å². The average molecular weight is 267 g/mol. The van der Waals surface area contributed by atoms with Crippen LogP contribution in [0.4, 0.5) is 0 Å². The molecule has 1 aromatic heterocycles. The summed E-state index contributed by atoms with van der Waals surface area (Å²) in [6.45, 7) is 2.37. The molecule has 2 rings (SSSR count). The fourth-order valence-corrected chi connectivity index (χ4v) is 1.98. The maximum absolute atomic E-state index is 11.6. The Morgan fingerprint density at radius 1 is 1.50 bits per heavy atom. The molecule has 0 fully saturated rings. The van der Waals surface area contributed by atoms with E-state index in [2.05, 4.69) is 4.98 Å². The van der Waals surface area contributed by atoms with Gasteiger partial charge in [-0.1, -0.05) is 6.07 Å². The highest BCUT2D eigenvalue weighted by molar-refractivity contribution is 6.18. The molecule has 0 radical (unpaired) electrons. The third kappa shape index (κ3) is 2.82. The highest BCUT2D eigenvalue weighted by Crippen LogP contribution is 2.17. The number of amides is 1. The van der Waals surface area contributed by atoms with Crippen LogP contribution in [0.25, 0.3) is 11.1 Å². The highest BCUT2D eigenvalue weighted by Gasteiger charge is 2.09. The molecule has 96 valence electrons. The van der Waals surface area contributed by atoms with Gasteiger partial charge in [0.2, 0.25) is 5.91 Å². The van der Waals surface area contributed by atoms with E-state index in [0.29, 0.717) is 24.7 Å². The maximum Gasteiger partial charge on any atom is 0.223 e. The molecular weight excluding hydrogens is 252 g/mol. The lowest BCUT2D eigenvalue weighted by Gasteiger charge is -2.16. The van der Waals surface area contributed by atoms with Gasteiger partial charge in [-0.25, -0.2) is 4.98 Å². The van der Waals surface area contributed by atoms with Gasteiger partial charge in [0.05, 0.1) is 0 Å². The Hall–Kier alpha value is -1.55. The summed E-state index contributed by atoms with van der Waals surface area (Å²) in [5.41, 5.74) is 2.62. The van der Waals surface area contributed by atoms with Crippen molar-refractivity contribution >= 4 is 28.6 Å². The van der Waals surface area contributed by atoms with Crippen molar-refractivity contribution in [1.82, 2.24) is 9.88 Å². The minimum Gasteiger partial charge on any atom is -0.441 e. The van der Waals surface area contributed by atoms with Gasteiger partial charge in [0.25, 0.3) is 0 Å². The zero-order valence-corrected chi connectivity index (χ0v) is 11.2. The molecule has 0 aliphatic heterocycles.